The van der Waals surface area contributed by atoms with Gasteiger partial charge in [0, 0.05) is 11.8 Å². The Labute approximate surface area is 53.7 Å². The second-order valence-corrected chi connectivity index (χ2v) is 1.56. The first-order chi connectivity index (χ1) is 4.34. The van der Waals surface area contributed by atoms with E-state index in [2.05, 4.69) is 16.9 Å². The lowest BCUT2D eigenvalue weighted by atomic mass is 10.4. The molecule has 0 aliphatic heterocycles. The highest BCUT2D eigenvalue weighted by molar-refractivity contribution is 5.24. The molecule has 47 valence electrons. The summed E-state index contributed by atoms with van der Waals surface area (Å²) in [5.41, 5.74) is 0.708. The molecular weight excluding hydrogens is 116 g/mol. The minimum Gasteiger partial charge on any atom is -0.481 e. The molecule has 0 atom stereocenters. The van der Waals surface area contributed by atoms with Gasteiger partial charge in [-0.15, -0.1) is 0 Å². The van der Waals surface area contributed by atoms with Gasteiger partial charge in [0.05, 0.1) is 7.11 Å². The summed E-state index contributed by atoms with van der Waals surface area (Å²) in [7, 11) is 1.55. The Bertz CT molecular complexity index is 200. The highest BCUT2D eigenvalue weighted by atomic mass is 16.5. The van der Waals surface area contributed by atoms with Gasteiger partial charge >= 0.3 is 0 Å². The largest absolute Gasteiger partial charge is 0.481 e. The van der Waals surface area contributed by atoms with E-state index in [0.29, 0.717) is 11.4 Å². The van der Waals surface area contributed by atoms with Gasteiger partial charge in [0.2, 0.25) is 5.88 Å². The van der Waals surface area contributed by atoms with Crippen LogP contribution in [0.4, 0.5) is 0 Å². The topological polar surface area (TPSA) is 35.0 Å². The molecule has 0 bridgehead atoms. The molecule has 0 saturated heterocycles. The Morgan fingerprint density at radius 2 is 2.44 bits per heavy atom. The van der Waals surface area contributed by atoms with Crippen LogP contribution in [0, 0.1) is 6.92 Å². The summed E-state index contributed by atoms with van der Waals surface area (Å²) in [6.07, 6.45) is 3.03. The fraction of sp³-hybridized carbons (Fsp3) is 0.167. The number of hydrogen-bond acceptors (Lipinski definition) is 3. The van der Waals surface area contributed by atoms with E-state index in [9.17, 15) is 0 Å². The van der Waals surface area contributed by atoms with E-state index in [1.165, 1.54) is 6.33 Å². The SMILES string of the molecule is [CH2]c1cncnc1OC. The maximum Gasteiger partial charge on any atom is 0.219 e. The molecule has 1 radical (unpaired) electrons. The number of hydrogen-bond donors (Lipinski definition) is 0. The van der Waals surface area contributed by atoms with Gasteiger partial charge in [-0.3, -0.25) is 0 Å². The van der Waals surface area contributed by atoms with Gasteiger partial charge in [0.25, 0.3) is 0 Å². The van der Waals surface area contributed by atoms with Crippen molar-refractivity contribution in [3.63, 3.8) is 0 Å². The van der Waals surface area contributed by atoms with Gasteiger partial charge < -0.3 is 4.74 Å². The average molecular weight is 123 g/mol. The Hall–Kier alpha value is -1.12. The van der Waals surface area contributed by atoms with Gasteiger partial charge in [0.1, 0.15) is 6.33 Å². The first kappa shape index (κ1) is 6.01. The summed E-state index contributed by atoms with van der Waals surface area (Å²) in [6.45, 7) is 3.64. The maximum atomic E-state index is 4.83. The van der Waals surface area contributed by atoms with Gasteiger partial charge in [-0.05, 0) is 6.92 Å². The maximum absolute atomic E-state index is 4.83. The van der Waals surface area contributed by atoms with Crippen molar-refractivity contribution in [1.29, 1.82) is 0 Å². The smallest absolute Gasteiger partial charge is 0.219 e. The molecule has 0 unspecified atom stereocenters. The molecule has 0 amide bonds. The van der Waals surface area contributed by atoms with E-state index < -0.39 is 0 Å². The molecule has 3 heteroatoms. The molecule has 0 N–H and O–H groups in total. The number of methoxy groups -OCH3 is 1. The molecule has 3 nitrogen and oxygen atoms in total. The Balaban J connectivity index is 3.01. The van der Waals surface area contributed by atoms with Crippen molar-refractivity contribution < 1.29 is 4.74 Å². The number of nitrogens with zero attached hydrogens (tertiary/aromatic N) is 2. The lowest BCUT2D eigenvalue weighted by molar-refractivity contribution is 0.395. The summed E-state index contributed by atoms with van der Waals surface area (Å²) in [5.74, 6) is 0.532. The predicted octanol–water partition coefficient (Wildman–Crippen LogP) is 0.667. The number of aromatic nitrogens is 2. The normalized spacial score (nSPS) is 9.11. The first-order valence-electron chi connectivity index (χ1n) is 2.50. The van der Waals surface area contributed by atoms with Gasteiger partial charge in [0.15, 0.2) is 0 Å². The van der Waals surface area contributed by atoms with Gasteiger partial charge in [-0.1, -0.05) is 0 Å². The minimum absolute atomic E-state index is 0.532. The number of rotatable bonds is 1. The van der Waals surface area contributed by atoms with E-state index >= 15 is 0 Å². The molecule has 0 aromatic carbocycles. The summed E-state index contributed by atoms with van der Waals surface area (Å²) in [4.78, 5) is 7.54. The summed E-state index contributed by atoms with van der Waals surface area (Å²) < 4.78 is 4.83. The standard InChI is InChI=1S/C6H7N2O/c1-5-3-7-4-8-6(5)9-2/h3-4H,1H2,2H3. The third-order valence-corrected chi connectivity index (χ3v) is 0.940. The van der Waals surface area contributed by atoms with Crippen LogP contribution >= 0.6 is 0 Å². The zero-order valence-electron chi connectivity index (χ0n) is 5.16. The second-order valence-electron chi connectivity index (χ2n) is 1.56. The Morgan fingerprint density at radius 1 is 1.67 bits per heavy atom. The van der Waals surface area contributed by atoms with E-state index in [1.54, 1.807) is 13.3 Å². The molecule has 0 aliphatic carbocycles. The van der Waals surface area contributed by atoms with Gasteiger partial charge in [-0.25, -0.2) is 9.97 Å². The summed E-state index contributed by atoms with van der Waals surface area (Å²) >= 11 is 0. The van der Waals surface area contributed by atoms with Crippen molar-refractivity contribution in [1.82, 2.24) is 9.97 Å². The van der Waals surface area contributed by atoms with E-state index in [1.807, 2.05) is 0 Å². The predicted molar refractivity (Wildman–Crippen MR) is 33.0 cm³/mol. The molecule has 0 fully saturated rings. The molecule has 1 rings (SSSR count). The monoisotopic (exact) mass is 123 g/mol. The third kappa shape index (κ3) is 1.16. The zero-order valence-corrected chi connectivity index (χ0v) is 5.16. The summed E-state index contributed by atoms with van der Waals surface area (Å²) in [6, 6.07) is 0. The van der Waals surface area contributed by atoms with Gasteiger partial charge in [-0.2, -0.15) is 0 Å². The van der Waals surface area contributed by atoms with Crippen LogP contribution in [-0.4, -0.2) is 17.1 Å². The zero-order chi connectivity index (χ0) is 6.69. The molecule has 0 aliphatic rings. The van der Waals surface area contributed by atoms with E-state index in [0.717, 1.165) is 0 Å². The van der Waals surface area contributed by atoms with Crippen molar-refractivity contribution in [2.75, 3.05) is 7.11 Å². The van der Waals surface area contributed by atoms with Crippen LogP contribution in [0.5, 0.6) is 5.88 Å². The third-order valence-electron chi connectivity index (χ3n) is 0.940. The van der Waals surface area contributed by atoms with Crippen LogP contribution in [-0.2, 0) is 0 Å². The fourth-order valence-corrected chi connectivity index (χ4v) is 0.531. The van der Waals surface area contributed by atoms with Crippen molar-refractivity contribution in [2.24, 2.45) is 0 Å². The number of ether oxygens (including phenoxy) is 1. The van der Waals surface area contributed by atoms with E-state index in [4.69, 9.17) is 4.74 Å². The molecule has 0 spiro atoms. The first-order valence-corrected chi connectivity index (χ1v) is 2.50. The van der Waals surface area contributed by atoms with Crippen molar-refractivity contribution in [3.8, 4) is 5.88 Å². The van der Waals surface area contributed by atoms with Crippen LogP contribution in [0.25, 0.3) is 0 Å². The molecule has 1 heterocycles. The molecule has 9 heavy (non-hydrogen) atoms. The van der Waals surface area contributed by atoms with Crippen LogP contribution < -0.4 is 4.74 Å². The summed E-state index contributed by atoms with van der Waals surface area (Å²) in [5, 5.41) is 0. The van der Waals surface area contributed by atoms with E-state index in [-0.39, 0.29) is 0 Å². The second kappa shape index (κ2) is 2.44. The van der Waals surface area contributed by atoms with Crippen LogP contribution in [0.3, 0.4) is 0 Å². The average Bonchev–Trinajstić information content (AvgIpc) is 1.89. The minimum atomic E-state index is 0.532. The Morgan fingerprint density at radius 3 is 2.89 bits per heavy atom. The molecule has 0 saturated carbocycles. The molecule has 1 aromatic rings. The lowest BCUT2D eigenvalue weighted by Crippen LogP contribution is -1.90. The Kier molecular flexibility index (Phi) is 1.63. The van der Waals surface area contributed by atoms with Crippen molar-refractivity contribution in [2.45, 2.75) is 0 Å². The quantitative estimate of drug-likeness (QED) is 0.550. The van der Waals surface area contributed by atoms with Crippen molar-refractivity contribution >= 4 is 0 Å². The lowest BCUT2D eigenvalue weighted by Gasteiger charge is -1.98. The van der Waals surface area contributed by atoms with Crippen LogP contribution in [0.15, 0.2) is 12.5 Å². The highest BCUT2D eigenvalue weighted by Gasteiger charge is 1.94. The van der Waals surface area contributed by atoms with Crippen LogP contribution in [0.2, 0.25) is 0 Å². The van der Waals surface area contributed by atoms with Crippen molar-refractivity contribution in [3.05, 3.63) is 25.0 Å². The van der Waals surface area contributed by atoms with Crippen LogP contribution in [0.1, 0.15) is 5.56 Å². The molecular formula is C6H7N2O. The molecule has 1 aromatic heterocycles. The fourth-order valence-electron chi connectivity index (χ4n) is 0.531. The highest BCUT2D eigenvalue weighted by Crippen LogP contribution is 2.08.